The number of cyclic esters (lactones) is 1. The highest BCUT2D eigenvalue weighted by Gasteiger charge is 2.28. The average Bonchev–Trinajstić information content (AvgIpc) is 2.47. The third-order valence-electron chi connectivity index (χ3n) is 2.10. The highest BCUT2D eigenvalue weighted by molar-refractivity contribution is 5.89. The molecule has 1 heterocycles. The van der Waals surface area contributed by atoms with Gasteiger partial charge >= 0.3 is 6.09 Å². The number of halogens is 1. The highest BCUT2D eigenvalue weighted by atomic mass is 19.1. The molecule has 74 valence electrons. The predicted molar refractivity (Wildman–Crippen MR) is 49.7 cm³/mol. The zero-order valence-corrected chi connectivity index (χ0v) is 7.74. The minimum Gasteiger partial charge on any atom is -0.444 e. The molecule has 1 fully saturated rings. The van der Waals surface area contributed by atoms with Gasteiger partial charge in [0.1, 0.15) is 11.9 Å². The van der Waals surface area contributed by atoms with E-state index in [2.05, 4.69) is 0 Å². The first-order valence-corrected chi connectivity index (χ1v) is 4.40. The van der Waals surface area contributed by atoms with Crippen LogP contribution in [0.4, 0.5) is 14.9 Å². The Morgan fingerprint density at radius 1 is 1.43 bits per heavy atom. The number of hydrogen-bond donors (Lipinski definition) is 0. The van der Waals surface area contributed by atoms with Crippen molar-refractivity contribution < 1.29 is 13.9 Å². The van der Waals surface area contributed by atoms with Crippen LogP contribution in [0.5, 0.6) is 0 Å². The second-order valence-electron chi connectivity index (χ2n) is 3.28. The van der Waals surface area contributed by atoms with E-state index < -0.39 is 0 Å². The van der Waals surface area contributed by atoms with Gasteiger partial charge in [0.2, 0.25) is 0 Å². The normalized spacial score (nSPS) is 21.1. The van der Waals surface area contributed by atoms with E-state index in [1.165, 1.54) is 17.0 Å². The van der Waals surface area contributed by atoms with Crippen molar-refractivity contribution >= 4 is 11.8 Å². The molecule has 14 heavy (non-hydrogen) atoms. The first kappa shape index (κ1) is 8.99. The van der Waals surface area contributed by atoms with E-state index in [0.29, 0.717) is 12.2 Å². The third kappa shape index (κ3) is 1.55. The van der Waals surface area contributed by atoms with Crippen LogP contribution < -0.4 is 4.90 Å². The van der Waals surface area contributed by atoms with Gasteiger partial charge in [0.05, 0.1) is 6.54 Å². The molecule has 0 aliphatic carbocycles. The Hall–Kier alpha value is -1.58. The van der Waals surface area contributed by atoms with Crippen LogP contribution in [-0.2, 0) is 4.74 Å². The lowest BCUT2D eigenvalue weighted by Gasteiger charge is -2.11. The number of hydrogen-bond acceptors (Lipinski definition) is 2. The van der Waals surface area contributed by atoms with Gasteiger partial charge < -0.3 is 4.74 Å². The van der Waals surface area contributed by atoms with Gasteiger partial charge in [-0.25, -0.2) is 9.18 Å². The Bertz CT molecular complexity index is 350. The van der Waals surface area contributed by atoms with Gasteiger partial charge in [-0.2, -0.15) is 0 Å². The smallest absolute Gasteiger partial charge is 0.414 e. The molecule has 1 aromatic rings. The highest BCUT2D eigenvalue weighted by Crippen LogP contribution is 2.21. The lowest BCUT2D eigenvalue weighted by atomic mass is 10.3. The quantitative estimate of drug-likeness (QED) is 0.687. The summed E-state index contributed by atoms with van der Waals surface area (Å²) in [7, 11) is 0. The van der Waals surface area contributed by atoms with Crippen molar-refractivity contribution in [2.45, 2.75) is 13.0 Å². The maximum absolute atomic E-state index is 12.6. The van der Waals surface area contributed by atoms with Gasteiger partial charge in [0.25, 0.3) is 0 Å². The summed E-state index contributed by atoms with van der Waals surface area (Å²) in [6.07, 6.45) is -0.475. The summed E-state index contributed by atoms with van der Waals surface area (Å²) < 4.78 is 17.6. The monoisotopic (exact) mass is 195 g/mol. The number of amides is 1. The fraction of sp³-hybridized carbons (Fsp3) is 0.300. The van der Waals surface area contributed by atoms with Gasteiger partial charge in [-0.05, 0) is 31.2 Å². The molecule has 2 rings (SSSR count). The second-order valence-corrected chi connectivity index (χ2v) is 3.28. The number of ether oxygens (including phenoxy) is 1. The Morgan fingerprint density at radius 2 is 2.07 bits per heavy atom. The molecule has 1 amide bonds. The molecule has 0 saturated carbocycles. The number of carbonyl (C=O) groups is 1. The summed E-state index contributed by atoms with van der Waals surface area (Å²) in [4.78, 5) is 12.8. The first-order chi connectivity index (χ1) is 6.66. The summed E-state index contributed by atoms with van der Waals surface area (Å²) in [6, 6.07) is 5.78. The number of anilines is 1. The van der Waals surface area contributed by atoms with Crippen molar-refractivity contribution in [1.29, 1.82) is 0 Å². The van der Waals surface area contributed by atoms with E-state index in [1.54, 1.807) is 12.1 Å². The molecule has 3 nitrogen and oxygen atoms in total. The van der Waals surface area contributed by atoms with Crippen LogP contribution in [0.2, 0.25) is 0 Å². The molecule has 0 aromatic heterocycles. The molecule has 1 unspecified atom stereocenters. The second kappa shape index (κ2) is 3.29. The molecule has 1 atom stereocenters. The van der Waals surface area contributed by atoms with Crippen LogP contribution in [0.15, 0.2) is 24.3 Å². The lowest BCUT2D eigenvalue weighted by molar-refractivity contribution is 0.150. The van der Waals surface area contributed by atoms with Crippen molar-refractivity contribution in [3.05, 3.63) is 30.1 Å². The molecule has 1 aliphatic heterocycles. The predicted octanol–water partition coefficient (Wildman–Crippen LogP) is 2.17. The number of rotatable bonds is 1. The molecule has 1 aromatic carbocycles. The zero-order valence-electron chi connectivity index (χ0n) is 7.74. The van der Waals surface area contributed by atoms with Gasteiger partial charge in [0.15, 0.2) is 0 Å². The van der Waals surface area contributed by atoms with E-state index in [1.807, 2.05) is 6.92 Å². The van der Waals surface area contributed by atoms with Crippen LogP contribution in [0.1, 0.15) is 6.92 Å². The van der Waals surface area contributed by atoms with Crippen molar-refractivity contribution in [2.75, 3.05) is 11.4 Å². The topological polar surface area (TPSA) is 29.5 Å². The van der Waals surface area contributed by atoms with Crippen molar-refractivity contribution in [3.63, 3.8) is 0 Å². The van der Waals surface area contributed by atoms with E-state index in [0.717, 1.165) is 0 Å². The van der Waals surface area contributed by atoms with Crippen LogP contribution >= 0.6 is 0 Å². The maximum atomic E-state index is 12.6. The molecule has 1 aliphatic rings. The van der Waals surface area contributed by atoms with E-state index in [4.69, 9.17) is 4.74 Å². The van der Waals surface area contributed by atoms with E-state index >= 15 is 0 Å². The molecule has 0 N–H and O–H groups in total. The van der Waals surface area contributed by atoms with Gasteiger partial charge in [-0.15, -0.1) is 0 Å². The zero-order chi connectivity index (χ0) is 10.1. The SMILES string of the molecule is CC1CN(c2ccc(F)cc2)C(=O)O1. The van der Waals surface area contributed by atoms with Crippen LogP contribution in [0.25, 0.3) is 0 Å². The van der Waals surface area contributed by atoms with Crippen molar-refractivity contribution in [3.8, 4) is 0 Å². The Balaban J connectivity index is 2.23. The minimum absolute atomic E-state index is 0.104. The first-order valence-electron chi connectivity index (χ1n) is 4.40. The summed E-state index contributed by atoms with van der Waals surface area (Å²) in [6.45, 7) is 2.34. The van der Waals surface area contributed by atoms with E-state index in [-0.39, 0.29) is 18.0 Å². The molecule has 1 saturated heterocycles. The maximum Gasteiger partial charge on any atom is 0.414 e. The summed E-state index contributed by atoms with van der Waals surface area (Å²) in [5, 5.41) is 0. The number of nitrogens with zero attached hydrogens (tertiary/aromatic N) is 1. The summed E-state index contributed by atoms with van der Waals surface area (Å²) >= 11 is 0. The van der Waals surface area contributed by atoms with Gasteiger partial charge in [-0.1, -0.05) is 0 Å². The molecular weight excluding hydrogens is 185 g/mol. The molecule has 0 bridgehead atoms. The average molecular weight is 195 g/mol. The van der Waals surface area contributed by atoms with Crippen molar-refractivity contribution in [2.24, 2.45) is 0 Å². The Kier molecular flexibility index (Phi) is 2.11. The third-order valence-corrected chi connectivity index (χ3v) is 2.10. The largest absolute Gasteiger partial charge is 0.444 e. The number of carbonyl (C=O) groups excluding carboxylic acids is 1. The fourth-order valence-corrected chi connectivity index (χ4v) is 1.44. The van der Waals surface area contributed by atoms with Gasteiger partial charge in [0, 0.05) is 5.69 Å². The molecule has 0 spiro atoms. The fourth-order valence-electron chi connectivity index (χ4n) is 1.44. The summed E-state index contributed by atoms with van der Waals surface area (Å²) in [5.74, 6) is -0.311. The van der Waals surface area contributed by atoms with Gasteiger partial charge in [-0.3, -0.25) is 4.90 Å². The van der Waals surface area contributed by atoms with E-state index in [9.17, 15) is 9.18 Å². The van der Waals surface area contributed by atoms with Crippen LogP contribution in [0, 0.1) is 5.82 Å². The molecular formula is C10H10FNO2. The Labute approximate surface area is 81.1 Å². The molecule has 4 heteroatoms. The Morgan fingerprint density at radius 3 is 2.57 bits per heavy atom. The van der Waals surface area contributed by atoms with Crippen molar-refractivity contribution in [1.82, 2.24) is 0 Å². The van der Waals surface area contributed by atoms with Crippen LogP contribution in [0.3, 0.4) is 0 Å². The minimum atomic E-state index is -0.371. The summed E-state index contributed by atoms with van der Waals surface area (Å²) in [5.41, 5.74) is 0.667. The number of benzene rings is 1. The lowest BCUT2D eigenvalue weighted by Crippen LogP contribution is -2.23. The molecule has 0 radical (unpaired) electrons. The van der Waals surface area contributed by atoms with Crippen LogP contribution in [-0.4, -0.2) is 18.7 Å². The standard InChI is InChI=1S/C10H10FNO2/c1-7-6-12(10(13)14-7)9-4-2-8(11)3-5-9/h2-5,7H,6H2,1H3.